The predicted molar refractivity (Wildman–Crippen MR) is 117 cm³/mol. The fourth-order valence-corrected chi connectivity index (χ4v) is 3.24. The maximum absolute atomic E-state index is 11.4. The lowest BCUT2D eigenvalue weighted by Crippen LogP contribution is -2.44. The number of aromatic nitrogens is 1. The quantitative estimate of drug-likeness (QED) is 0.624. The number of rotatable bonds is 4. The minimum Gasteiger partial charge on any atom is -0.408 e. The van der Waals surface area contributed by atoms with Crippen molar-refractivity contribution < 1.29 is 13.9 Å². The van der Waals surface area contributed by atoms with Crippen molar-refractivity contribution in [1.82, 2.24) is 15.2 Å². The second-order valence-corrected chi connectivity index (χ2v) is 7.34. The summed E-state index contributed by atoms with van der Waals surface area (Å²) >= 11 is 0. The molecule has 1 unspecified atom stereocenters. The summed E-state index contributed by atoms with van der Waals surface area (Å²) in [6.45, 7) is 4.20. The number of hydrogen-bond acceptors (Lipinski definition) is 6. The van der Waals surface area contributed by atoms with Crippen molar-refractivity contribution >= 4 is 17.0 Å². The summed E-state index contributed by atoms with van der Waals surface area (Å²) in [5.74, 6) is -0.435. The van der Waals surface area contributed by atoms with Gasteiger partial charge in [-0.05, 0) is 30.2 Å². The van der Waals surface area contributed by atoms with E-state index >= 15 is 0 Å². The summed E-state index contributed by atoms with van der Waals surface area (Å²) < 4.78 is 11.8. The molecule has 0 spiro atoms. The zero-order chi connectivity index (χ0) is 22.2. The number of nitriles is 1. The Labute approximate surface area is 180 Å². The number of amides is 1. The molecule has 8 heteroatoms. The minimum atomic E-state index is -0.328. The van der Waals surface area contributed by atoms with E-state index in [2.05, 4.69) is 41.8 Å². The highest BCUT2D eigenvalue weighted by atomic mass is 16.5. The van der Waals surface area contributed by atoms with Crippen LogP contribution in [0.25, 0.3) is 22.2 Å². The van der Waals surface area contributed by atoms with Crippen molar-refractivity contribution in [3.8, 4) is 17.2 Å². The van der Waals surface area contributed by atoms with E-state index in [9.17, 15) is 9.59 Å². The third-order valence-corrected chi connectivity index (χ3v) is 4.97. The molecule has 0 aliphatic carbocycles. The van der Waals surface area contributed by atoms with Gasteiger partial charge in [0.1, 0.15) is 6.54 Å². The van der Waals surface area contributed by atoms with Gasteiger partial charge in [0, 0.05) is 26.1 Å². The molecule has 0 saturated carbocycles. The number of benzene rings is 2. The first kappa shape index (κ1) is 22.3. The Morgan fingerprint density at radius 1 is 1.26 bits per heavy atom. The van der Waals surface area contributed by atoms with E-state index in [4.69, 9.17) is 14.4 Å². The van der Waals surface area contributed by atoms with Crippen molar-refractivity contribution in [3.63, 3.8) is 0 Å². The van der Waals surface area contributed by atoms with E-state index in [1.54, 1.807) is 7.05 Å². The summed E-state index contributed by atoms with van der Waals surface area (Å²) in [5.41, 5.74) is 4.89. The fourth-order valence-electron chi connectivity index (χ4n) is 3.24. The molecule has 2 heterocycles. The standard InChI is InChI=1S/C15H13NO2.C8H13N3O2/c1-10-3-5-11(6-4-10)12-7-8-14-13(9-12)16(2)15(17)18-14;9-1-2-11-8(12)5-7-6-13-4-3-10-7/h3-9H,1-2H3;7,10H,2-6H2,(H,11,12). The Kier molecular flexibility index (Phi) is 7.60. The zero-order valence-corrected chi connectivity index (χ0v) is 17.7. The minimum absolute atomic E-state index is 0.0758. The molecule has 1 atom stereocenters. The van der Waals surface area contributed by atoms with Gasteiger partial charge in [0.05, 0.1) is 24.8 Å². The number of oxazole rings is 1. The predicted octanol–water partition coefficient (Wildman–Crippen LogP) is 2.11. The molecule has 2 aromatic carbocycles. The molecular weight excluding hydrogens is 396 g/mol. The lowest BCUT2D eigenvalue weighted by molar-refractivity contribution is -0.122. The summed E-state index contributed by atoms with van der Waals surface area (Å²) in [5, 5.41) is 13.9. The van der Waals surface area contributed by atoms with Crippen LogP contribution in [-0.4, -0.2) is 42.8 Å². The lowest BCUT2D eigenvalue weighted by Gasteiger charge is -2.22. The van der Waals surface area contributed by atoms with Crippen LogP contribution in [-0.2, 0) is 16.6 Å². The van der Waals surface area contributed by atoms with Gasteiger partial charge in [-0.15, -0.1) is 0 Å². The Morgan fingerprint density at radius 3 is 2.68 bits per heavy atom. The smallest absolute Gasteiger partial charge is 0.408 e. The molecule has 4 rings (SSSR count). The molecule has 1 aliphatic rings. The SMILES string of the molecule is Cc1ccc(-c2ccc3oc(=O)n(C)c3c2)cc1.N#CCNC(=O)CC1COCCN1. The number of aryl methyl sites for hydroxylation is 2. The van der Waals surface area contributed by atoms with E-state index in [0.717, 1.165) is 23.2 Å². The van der Waals surface area contributed by atoms with Crippen molar-refractivity contribution in [2.75, 3.05) is 26.3 Å². The number of carbonyl (C=O) groups excluding carboxylic acids is 1. The molecule has 1 aromatic heterocycles. The van der Waals surface area contributed by atoms with Crippen molar-refractivity contribution in [1.29, 1.82) is 5.26 Å². The van der Waals surface area contributed by atoms with Crippen LogP contribution in [0.1, 0.15) is 12.0 Å². The van der Waals surface area contributed by atoms with Gasteiger partial charge >= 0.3 is 5.76 Å². The number of nitrogens with one attached hydrogen (secondary N) is 2. The first-order valence-corrected chi connectivity index (χ1v) is 10.1. The highest BCUT2D eigenvalue weighted by Crippen LogP contribution is 2.24. The van der Waals surface area contributed by atoms with Crippen molar-refractivity contribution in [3.05, 3.63) is 58.6 Å². The first-order valence-electron chi connectivity index (χ1n) is 10.1. The van der Waals surface area contributed by atoms with Crippen molar-refractivity contribution in [2.45, 2.75) is 19.4 Å². The topological polar surface area (TPSA) is 109 Å². The molecule has 1 aliphatic heterocycles. The largest absolute Gasteiger partial charge is 0.419 e. The summed E-state index contributed by atoms with van der Waals surface area (Å²) in [6.07, 6.45) is 0.377. The number of morpholine rings is 1. The van der Waals surface area contributed by atoms with Crippen LogP contribution in [0.3, 0.4) is 0 Å². The Bertz CT molecular complexity index is 1120. The van der Waals surface area contributed by atoms with E-state index < -0.39 is 0 Å². The summed E-state index contributed by atoms with van der Waals surface area (Å²) in [6, 6.07) is 16.0. The number of fused-ring (bicyclic) bond motifs is 1. The number of nitrogens with zero attached hydrogens (tertiary/aromatic N) is 2. The normalized spacial score (nSPS) is 15.6. The van der Waals surface area contributed by atoms with E-state index in [0.29, 0.717) is 25.2 Å². The summed E-state index contributed by atoms with van der Waals surface area (Å²) in [7, 11) is 1.72. The third kappa shape index (κ3) is 6.04. The monoisotopic (exact) mass is 422 g/mol. The molecule has 8 nitrogen and oxygen atoms in total. The van der Waals surface area contributed by atoms with Gasteiger partial charge < -0.3 is 19.8 Å². The molecule has 1 amide bonds. The molecule has 1 fully saturated rings. The second kappa shape index (κ2) is 10.6. The Hall–Kier alpha value is -3.41. The number of carbonyl (C=O) groups is 1. The van der Waals surface area contributed by atoms with Crippen LogP contribution in [0.2, 0.25) is 0 Å². The van der Waals surface area contributed by atoms with E-state index in [-0.39, 0.29) is 24.2 Å². The van der Waals surface area contributed by atoms with Crippen LogP contribution in [0.15, 0.2) is 51.7 Å². The average molecular weight is 422 g/mol. The molecular formula is C23H26N4O4. The number of hydrogen-bond donors (Lipinski definition) is 2. The fraction of sp³-hybridized carbons (Fsp3) is 0.348. The molecule has 2 N–H and O–H groups in total. The summed E-state index contributed by atoms with van der Waals surface area (Å²) in [4.78, 5) is 22.5. The first-order chi connectivity index (χ1) is 15.0. The van der Waals surface area contributed by atoms with Crippen molar-refractivity contribution in [2.24, 2.45) is 7.05 Å². The van der Waals surface area contributed by atoms with Gasteiger partial charge in [0.2, 0.25) is 5.91 Å². The molecule has 162 valence electrons. The van der Waals surface area contributed by atoms with Crippen LogP contribution >= 0.6 is 0 Å². The zero-order valence-electron chi connectivity index (χ0n) is 17.7. The van der Waals surface area contributed by atoms with Gasteiger partial charge in [0.25, 0.3) is 0 Å². The maximum Gasteiger partial charge on any atom is 0.419 e. The third-order valence-electron chi connectivity index (χ3n) is 4.97. The Morgan fingerprint density at radius 2 is 2.00 bits per heavy atom. The van der Waals surface area contributed by atoms with Crippen LogP contribution in [0.4, 0.5) is 0 Å². The molecule has 0 radical (unpaired) electrons. The second-order valence-electron chi connectivity index (χ2n) is 7.34. The number of ether oxygens (including phenoxy) is 1. The highest BCUT2D eigenvalue weighted by molar-refractivity contribution is 5.80. The van der Waals surface area contributed by atoms with Gasteiger partial charge in [-0.1, -0.05) is 35.9 Å². The molecule has 0 bridgehead atoms. The lowest BCUT2D eigenvalue weighted by atomic mass is 10.0. The average Bonchev–Trinajstić information content (AvgIpc) is 3.07. The van der Waals surface area contributed by atoms with Gasteiger partial charge in [-0.2, -0.15) is 5.26 Å². The Balaban J connectivity index is 0.000000187. The molecule has 31 heavy (non-hydrogen) atoms. The molecule has 3 aromatic rings. The van der Waals surface area contributed by atoms with Crippen LogP contribution in [0.5, 0.6) is 0 Å². The van der Waals surface area contributed by atoms with Gasteiger partial charge in [0.15, 0.2) is 5.58 Å². The van der Waals surface area contributed by atoms with E-state index in [1.807, 2.05) is 24.3 Å². The van der Waals surface area contributed by atoms with E-state index in [1.165, 1.54) is 10.1 Å². The van der Waals surface area contributed by atoms with Gasteiger partial charge in [-0.3, -0.25) is 9.36 Å². The van der Waals surface area contributed by atoms with Gasteiger partial charge in [-0.25, -0.2) is 4.79 Å². The molecule has 1 saturated heterocycles. The maximum atomic E-state index is 11.4. The van der Waals surface area contributed by atoms with Crippen LogP contribution < -0.4 is 16.4 Å². The van der Waals surface area contributed by atoms with Crippen LogP contribution in [0, 0.1) is 18.3 Å². The highest BCUT2D eigenvalue weighted by Gasteiger charge is 2.16.